The highest BCUT2D eigenvalue weighted by molar-refractivity contribution is 8.17. The zero-order valence-corrected chi connectivity index (χ0v) is 19.9. The molecule has 0 aliphatic carbocycles. The highest BCUT2D eigenvalue weighted by Crippen LogP contribution is 2.37. The van der Waals surface area contributed by atoms with Crippen LogP contribution in [0.15, 0.2) is 41.1 Å². The number of hydrogen-bond acceptors (Lipinski definition) is 10. The number of nitrogen functional groups attached to an aromatic ring is 1. The van der Waals surface area contributed by atoms with Gasteiger partial charge in [-0.3, -0.25) is 24.2 Å². The van der Waals surface area contributed by atoms with Gasteiger partial charge < -0.3 is 20.4 Å². The number of hydrogen-bond donors (Lipinski definition) is 3. The molecule has 1 aromatic carbocycles. The van der Waals surface area contributed by atoms with E-state index < -0.39 is 24.5 Å². The summed E-state index contributed by atoms with van der Waals surface area (Å²) in [5, 5.41) is 10.4. The number of anilines is 1. The Hall–Kier alpha value is -3.16. The molecule has 0 aliphatic rings. The number of aromatic nitrogens is 2. The van der Waals surface area contributed by atoms with E-state index in [-0.39, 0.29) is 40.6 Å². The molecule has 1 aromatic heterocycles. The van der Waals surface area contributed by atoms with Crippen molar-refractivity contribution in [2.45, 2.75) is 26.8 Å². The smallest absolute Gasteiger partial charge is 0.383 e. The van der Waals surface area contributed by atoms with Crippen LogP contribution >= 0.6 is 19.6 Å². The normalized spacial score (nSPS) is 12.1. The molecule has 1 heterocycles. The van der Waals surface area contributed by atoms with Gasteiger partial charge in [0.25, 0.3) is 5.69 Å². The van der Waals surface area contributed by atoms with Gasteiger partial charge in [0.05, 0.1) is 18.1 Å². The number of phosphoric acid groups is 1. The lowest BCUT2D eigenvalue weighted by Crippen LogP contribution is -2.22. The molecule has 0 spiro atoms. The molecule has 0 saturated heterocycles. The molecule has 13 nitrogen and oxygen atoms in total. The maximum absolute atomic E-state index is 12.8. The summed E-state index contributed by atoms with van der Waals surface area (Å²) in [5.41, 5.74) is 6.38. The van der Waals surface area contributed by atoms with E-state index >= 15 is 0 Å². The van der Waals surface area contributed by atoms with E-state index in [1.807, 2.05) is 0 Å². The van der Waals surface area contributed by atoms with E-state index in [1.165, 1.54) is 36.2 Å². The first-order valence-electron chi connectivity index (χ1n) is 9.57. The summed E-state index contributed by atoms with van der Waals surface area (Å²) < 4.78 is 15.5. The summed E-state index contributed by atoms with van der Waals surface area (Å²) in [5.74, 6) is 0.610. The third-order valence-electron chi connectivity index (χ3n) is 4.42. The van der Waals surface area contributed by atoms with E-state index in [4.69, 9.17) is 15.5 Å². The second-order valence-corrected chi connectivity index (χ2v) is 9.15. The summed E-state index contributed by atoms with van der Waals surface area (Å²) in [4.78, 5) is 62.5. The summed E-state index contributed by atoms with van der Waals surface area (Å²) in [6.07, 6.45) is 1.82. The minimum atomic E-state index is -4.77. The Bertz CT molecular complexity index is 1170. The van der Waals surface area contributed by atoms with Gasteiger partial charge in [-0.15, -0.1) is 0 Å². The number of rotatable bonds is 11. The van der Waals surface area contributed by atoms with E-state index in [0.29, 0.717) is 29.6 Å². The Balaban J connectivity index is 2.36. The second-order valence-electron chi connectivity index (χ2n) is 6.84. The summed E-state index contributed by atoms with van der Waals surface area (Å²) in [7, 11) is -4.77. The van der Waals surface area contributed by atoms with Crippen LogP contribution in [0.25, 0.3) is 0 Å². The van der Waals surface area contributed by atoms with Crippen molar-refractivity contribution in [2.75, 3.05) is 12.3 Å². The molecule has 0 fully saturated rings. The largest absolute Gasteiger partial charge is 0.469 e. The Morgan fingerprint density at radius 2 is 2.12 bits per heavy atom. The van der Waals surface area contributed by atoms with E-state index in [9.17, 15) is 24.3 Å². The average Bonchev–Trinajstić information content (AvgIpc) is 2.76. The summed E-state index contributed by atoms with van der Waals surface area (Å²) >= 11 is 0.660. The molecule has 2 aromatic rings. The predicted octanol–water partition coefficient (Wildman–Crippen LogP) is 2.54. The number of aryl methyl sites for hydroxylation is 1. The molecule has 34 heavy (non-hydrogen) atoms. The number of nitro groups is 1. The van der Waals surface area contributed by atoms with E-state index in [0.717, 1.165) is 6.07 Å². The third-order valence-corrected chi connectivity index (χ3v) is 6.10. The molecule has 4 N–H and O–H groups in total. The van der Waals surface area contributed by atoms with Gasteiger partial charge in [0.2, 0.25) is 11.5 Å². The Kier molecular flexibility index (Phi) is 9.41. The van der Waals surface area contributed by atoms with Crippen LogP contribution in [-0.2, 0) is 20.4 Å². The van der Waals surface area contributed by atoms with Gasteiger partial charge in [-0.2, -0.15) is 0 Å². The lowest BCUT2D eigenvalue weighted by atomic mass is 10.2. The summed E-state index contributed by atoms with van der Waals surface area (Å²) in [6.45, 7) is 2.70. The maximum atomic E-state index is 12.8. The highest BCUT2D eigenvalue weighted by atomic mass is 32.2. The van der Waals surface area contributed by atoms with Gasteiger partial charge in [0, 0.05) is 46.5 Å². The Labute approximate surface area is 198 Å². The van der Waals surface area contributed by atoms with Gasteiger partial charge in [0.1, 0.15) is 11.6 Å². The van der Waals surface area contributed by atoms with Crippen LogP contribution in [0.5, 0.6) is 0 Å². The number of phosphoric ester groups is 1. The number of thioether (sulfide) groups is 1. The molecule has 182 valence electrons. The topological polar surface area (TPSA) is 199 Å². The summed E-state index contributed by atoms with van der Waals surface area (Å²) in [6, 6.07) is 5.09. The van der Waals surface area contributed by atoms with Crippen LogP contribution < -0.4 is 5.73 Å². The fourth-order valence-corrected chi connectivity index (χ4v) is 3.94. The lowest BCUT2D eigenvalue weighted by molar-refractivity contribution is -0.384. The average molecular weight is 511 g/mol. The van der Waals surface area contributed by atoms with Gasteiger partial charge in [-0.25, -0.2) is 14.5 Å². The number of benzene rings is 1. The van der Waals surface area contributed by atoms with E-state index in [1.54, 1.807) is 6.92 Å². The number of non-ortho nitro benzene ring substituents is 1. The van der Waals surface area contributed by atoms with Crippen LogP contribution in [-0.4, -0.2) is 47.7 Å². The van der Waals surface area contributed by atoms with Crippen LogP contribution in [0.3, 0.4) is 0 Å². The first-order chi connectivity index (χ1) is 15.9. The highest BCUT2D eigenvalue weighted by Gasteiger charge is 2.21. The standard InChI is InChI=1S/C19H22N5O8PS/c1-12(23(11-25)10-15-9-21-13(2)22-18(15)20)17(6-7-32-33(29,30)31)34-19(26)14-4-3-5-16(8-14)24(27)28/h3-5,8-9,11H,6-7,10H2,1-2H3,(H2,20,21,22)(H2,29,30,31). The maximum Gasteiger partial charge on any atom is 0.469 e. The molecular weight excluding hydrogens is 489 g/mol. The van der Waals surface area contributed by atoms with Gasteiger partial charge in [-0.1, -0.05) is 6.07 Å². The van der Waals surface area contributed by atoms with E-state index in [2.05, 4.69) is 14.5 Å². The molecule has 0 bridgehead atoms. The molecule has 1 amide bonds. The molecule has 15 heteroatoms. The molecule has 0 radical (unpaired) electrons. The molecule has 0 atom stereocenters. The minimum absolute atomic E-state index is 0.0319. The number of amides is 1. The minimum Gasteiger partial charge on any atom is -0.383 e. The van der Waals surface area contributed by atoms with Crippen LogP contribution in [0.4, 0.5) is 11.5 Å². The molecular formula is C19H22N5O8PS. The monoisotopic (exact) mass is 511 g/mol. The third kappa shape index (κ3) is 8.01. The quantitative estimate of drug-likeness (QED) is 0.173. The second kappa shape index (κ2) is 11.8. The number of nitrogens with zero attached hydrogens (tertiary/aromatic N) is 4. The number of carbonyl (C=O) groups excluding carboxylic acids is 2. The Morgan fingerprint density at radius 1 is 1.41 bits per heavy atom. The first kappa shape index (κ1) is 27.1. The van der Waals surface area contributed by atoms with Crippen molar-refractivity contribution in [1.82, 2.24) is 14.9 Å². The van der Waals surface area contributed by atoms with Gasteiger partial charge in [0.15, 0.2) is 0 Å². The number of nitro benzene ring substituents is 1. The SMILES string of the molecule is CC(=C(CCOP(=O)(O)O)SC(=O)c1cccc([N+](=O)[O-])c1)N(C=O)Cc1cnc(C)nc1N. The van der Waals surface area contributed by atoms with Gasteiger partial charge in [-0.05, 0) is 31.7 Å². The fraction of sp³-hybridized carbons (Fsp3) is 0.263. The van der Waals surface area contributed by atoms with Crippen molar-refractivity contribution in [3.05, 3.63) is 68.1 Å². The van der Waals surface area contributed by atoms with Crippen LogP contribution in [0.2, 0.25) is 0 Å². The molecule has 2 rings (SSSR count). The predicted molar refractivity (Wildman–Crippen MR) is 123 cm³/mol. The zero-order valence-electron chi connectivity index (χ0n) is 18.2. The van der Waals surface area contributed by atoms with Crippen molar-refractivity contribution in [3.8, 4) is 0 Å². The Morgan fingerprint density at radius 3 is 2.71 bits per heavy atom. The van der Waals surface area contributed by atoms with Gasteiger partial charge >= 0.3 is 7.82 Å². The molecule has 0 aliphatic heterocycles. The van der Waals surface area contributed by atoms with Crippen molar-refractivity contribution in [2.24, 2.45) is 0 Å². The van der Waals surface area contributed by atoms with Crippen molar-refractivity contribution >= 4 is 42.6 Å². The van der Waals surface area contributed by atoms with Crippen molar-refractivity contribution in [1.29, 1.82) is 0 Å². The lowest BCUT2D eigenvalue weighted by Gasteiger charge is -2.22. The number of allylic oxidation sites excluding steroid dienone is 1. The molecule has 0 saturated carbocycles. The zero-order chi connectivity index (χ0) is 25.5. The number of carbonyl (C=O) groups is 2. The van der Waals surface area contributed by atoms with Crippen molar-refractivity contribution in [3.63, 3.8) is 0 Å². The van der Waals surface area contributed by atoms with Crippen LogP contribution in [0.1, 0.15) is 35.1 Å². The fourth-order valence-electron chi connectivity index (χ4n) is 2.69. The van der Waals surface area contributed by atoms with Crippen molar-refractivity contribution < 1.29 is 33.4 Å². The van der Waals surface area contributed by atoms with Crippen LogP contribution in [0, 0.1) is 17.0 Å². The molecule has 0 unspecified atom stereocenters. The first-order valence-corrected chi connectivity index (χ1v) is 11.9. The number of nitrogens with two attached hydrogens (primary N) is 1.